The fraction of sp³-hybridized carbons (Fsp3) is 1.00. The van der Waals surface area contributed by atoms with E-state index in [-0.39, 0.29) is 0 Å². The monoisotopic (exact) mass is 180 g/mol. The van der Waals surface area contributed by atoms with Crippen molar-refractivity contribution in [1.82, 2.24) is 0 Å². The van der Waals surface area contributed by atoms with Crippen LogP contribution < -0.4 is 0 Å². The van der Waals surface area contributed by atoms with Gasteiger partial charge in [0.25, 0.3) is 0 Å². The van der Waals surface area contributed by atoms with Gasteiger partial charge in [-0.25, -0.2) is 0 Å². The molecular weight excluding hydrogens is 159 g/mol. The zero-order chi connectivity index (χ0) is 8.74. The molecule has 0 aliphatic carbocycles. The average Bonchev–Trinajstić information content (AvgIpc) is 2.05. The van der Waals surface area contributed by atoms with Crippen molar-refractivity contribution in [2.24, 2.45) is 0 Å². The fourth-order valence-electron chi connectivity index (χ4n) is 1.41. The minimum absolute atomic E-state index is 0.822. The Balaban J connectivity index is 3.51. The van der Waals surface area contributed by atoms with Crippen LogP contribution in [0.25, 0.3) is 0 Å². The summed E-state index contributed by atoms with van der Waals surface area (Å²) in [6.45, 7) is 7.01. The summed E-state index contributed by atoms with van der Waals surface area (Å²) in [7, 11) is 0. The zero-order valence-electron chi connectivity index (χ0n) is 8.74. The van der Waals surface area contributed by atoms with Crippen LogP contribution in [0.15, 0.2) is 0 Å². The Morgan fingerprint density at radius 2 is 1.55 bits per heavy atom. The van der Waals surface area contributed by atoms with E-state index in [4.69, 9.17) is 0 Å². The second kappa shape index (κ2) is 7.08. The molecule has 0 aromatic carbocycles. The van der Waals surface area contributed by atoms with E-state index in [0.717, 1.165) is 48.5 Å². The summed E-state index contributed by atoms with van der Waals surface area (Å²) in [5.74, 6) is 0. The summed E-state index contributed by atoms with van der Waals surface area (Å²) in [6, 6.07) is 0. The van der Waals surface area contributed by atoms with Gasteiger partial charge in [0.1, 0.15) is 0 Å². The van der Waals surface area contributed by atoms with Gasteiger partial charge >= 0.3 is 108 Å². The molecule has 0 nitrogen and oxygen atoms in total. The molecule has 0 aromatic heterocycles. The van der Waals surface area contributed by atoms with Gasteiger partial charge in [0.05, 0.1) is 0 Å². The first-order valence-corrected chi connectivity index (χ1v) is 6.74. The molecule has 0 unspecified atom stereocenters. The van der Waals surface area contributed by atoms with Crippen molar-refractivity contribution < 1.29 is 0 Å². The number of rotatable bonds is 6. The van der Waals surface area contributed by atoms with Gasteiger partial charge in [-0.3, -0.25) is 0 Å². The molecule has 0 N–H and O–H groups in total. The van der Waals surface area contributed by atoms with Crippen molar-refractivity contribution in [2.45, 2.75) is 58.8 Å². The van der Waals surface area contributed by atoms with E-state index in [2.05, 4.69) is 20.8 Å². The summed E-state index contributed by atoms with van der Waals surface area (Å²) in [6.07, 6.45) is 8.64. The van der Waals surface area contributed by atoms with Crippen LogP contribution in [0.3, 0.4) is 0 Å². The molecule has 0 aromatic rings. The SMILES string of the molecule is CCCCC[C]([K])(CC)CC. The van der Waals surface area contributed by atoms with Crippen LogP contribution in [0.4, 0.5) is 0 Å². The molecule has 0 aliphatic heterocycles. The van der Waals surface area contributed by atoms with E-state index >= 15 is 0 Å². The average molecular weight is 180 g/mol. The van der Waals surface area contributed by atoms with Crippen molar-refractivity contribution in [3.05, 3.63) is 0 Å². The summed E-state index contributed by atoms with van der Waals surface area (Å²) in [4.78, 5) is 0. The van der Waals surface area contributed by atoms with Gasteiger partial charge in [0, 0.05) is 0 Å². The Labute approximate surface area is 106 Å². The van der Waals surface area contributed by atoms with E-state index in [1.165, 1.54) is 38.5 Å². The van der Waals surface area contributed by atoms with E-state index in [9.17, 15) is 0 Å². The number of unbranched alkanes of at least 4 members (excludes halogenated alkanes) is 2. The van der Waals surface area contributed by atoms with Gasteiger partial charge in [-0.05, 0) is 0 Å². The van der Waals surface area contributed by atoms with E-state index in [1.807, 2.05) is 0 Å². The van der Waals surface area contributed by atoms with Crippen molar-refractivity contribution in [2.75, 3.05) is 0 Å². The Kier molecular flexibility index (Phi) is 8.13. The molecule has 0 heterocycles. The van der Waals surface area contributed by atoms with Crippen molar-refractivity contribution in [1.29, 1.82) is 0 Å². The third-order valence-electron chi connectivity index (χ3n) is 3.09. The van der Waals surface area contributed by atoms with Gasteiger partial charge in [-0.15, -0.1) is 0 Å². The van der Waals surface area contributed by atoms with Gasteiger partial charge in [-0.1, -0.05) is 0 Å². The predicted molar refractivity (Wildman–Crippen MR) is 53.2 cm³/mol. The van der Waals surface area contributed by atoms with E-state index < -0.39 is 0 Å². The molecule has 0 spiro atoms. The molecule has 0 atom stereocenters. The zero-order valence-corrected chi connectivity index (χ0v) is 11.9. The molecule has 0 fully saturated rings. The van der Waals surface area contributed by atoms with Gasteiger partial charge < -0.3 is 0 Å². The van der Waals surface area contributed by atoms with Crippen LogP contribution in [0, 0.1) is 0 Å². The van der Waals surface area contributed by atoms with Crippen LogP contribution in [0.2, 0.25) is -0.490 Å². The Hall–Kier alpha value is 1.64. The molecule has 0 aliphatic rings. The van der Waals surface area contributed by atoms with E-state index in [1.54, 1.807) is 0 Å². The summed E-state index contributed by atoms with van der Waals surface area (Å²) in [5.41, 5.74) is 0. The van der Waals surface area contributed by atoms with Crippen molar-refractivity contribution in [3.8, 4) is 0 Å². The van der Waals surface area contributed by atoms with Crippen molar-refractivity contribution >= 4 is 49.0 Å². The standard InChI is InChI=1S/C10H21.K/c1-4-7-8-9-10(5-2)6-3;/h4-9H2,1-3H3;. The molecule has 11 heavy (non-hydrogen) atoms. The van der Waals surface area contributed by atoms with Crippen molar-refractivity contribution in [3.63, 3.8) is 0 Å². The number of hydrogen-bond acceptors (Lipinski definition) is 0. The minimum atomic E-state index is 0.822. The maximum absolute atomic E-state index is 2.36. The second-order valence-electron chi connectivity index (χ2n) is 3.97. The van der Waals surface area contributed by atoms with Crippen LogP contribution >= 0.6 is 0 Å². The van der Waals surface area contributed by atoms with Crippen LogP contribution in [0.5, 0.6) is 0 Å². The molecule has 0 bridgehead atoms. The van der Waals surface area contributed by atoms with Crippen LogP contribution in [-0.4, -0.2) is 49.0 Å². The second-order valence-corrected chi connectivity index (χ2v) is 7.29. The summed E-state index contributed by atoms with van der Waals surface area (Å²) >= 11 is 1.03. The third-order valence-corrected chi connectivity index (χ3v) is 6.08. The maximum atomic E-state index is 2.36. The number of hydrogen-bond donors (Lipinski definition) is 0. The molecule has 0 saturated carbocycles. The molecular formula is C10H21K. The Bertz CT molecular complexity index is 84.9. The van der Waals surface area contributed by atoms with Gasteiger partial charge in [0.15, 0.2) is 0 Å². The summed E-state index contributed by atoms with van der Waals surface area (Å²) in [5, 5.41) is 0. The molecule has 0 amide bonds. The molecule has 62 valence electrons. The van der Waals surface area contributed by atoms with Gasteiger partial charge in [-0.2, -0.15) is 0 Å². The summed E-state index contributed by atoms with van der Waals surface area (Å²) < 4.78 is 0.822. The fourth-order valence-corrected chi connectivity index (χ4v) is 1.96. The Morgan fingerprint density at radius 1 is 1.00 bits per heavy atom. The molecule has 1 heteroatoms. The van der Waals surface area contributed by atoms with Crippen LogP contribution in [-0.2, 0) is 0 Å². The van der Waals surface area contributed by atoms with Gasteiger partial charge in [0.2, 0.25) is 0 Å². The molecule has 0 saturated heterocycles. The first-order chi connectivity index (χ1) is 5.18. The topological polar surface area (TPSA) is 0 Å². The first kappa shape index (κ1) is 12.6. The first-order valence-electron chi connectivity index (χ1n) is 5.18. The third kappa shape index (κ3) is 5.81. The Morgan fingerprint density at radius 3 is 1.91 bits per heavy atom. The molecule has 0 radical (unpaired) electrons. The van der Waals surface area contributed by atoms with Crippen LogP contribution in [0.1, 0.15) is 59.3 Å². The molecule has 0 rings (SSSR count). The normalized spacial score (nSPS) is 12.1. The quantitative estimate of drug-likeness (QED) is 0.432. The van der Waals surface area contributed by atoms with E-state index in [0.29, 0.717) is 0 Å². The predicted octanol–water partition coefficient (Wildman–Crippen LogP) is 3.71.